The smallest absolute Gasteiger partial charge is 0.319 e. The summed E-state index contributed by atoms with van der Waals surface area (Å²) in [6, 6.07) is 12.3. The molecule has 3 N–H and O–H groups in total. The quantitative estimate of drug-likeness (QED) is 0.666. The number of urea groups is 1. The molecule has 0 saturated carbocycles. The minimum atomic E-state index is -0.312. The molecular weight excluding hydrogens is 375 g/mol. The van der Waals surface area contributed by atoms with Gasteiger partial charge in [-0.2, -0.15) is 0 Å². The summed E-state index contributed by atoms with van der Waals surface area (Å²) in [6.07, 6.45) is 0. The molecule has 3 rings (SSSR count). The monoisotopic (exact) mass is 400 g/mol. The molecule has 3 amide bonds. The Morgan fingerprint density at radius 2 is 1.66 bits per heavy atom. The van der Waals surface area contributed by atoms with Gasteiger partial charge in [0, 0.05) is 44.0 Å². The summed E-state index contributed by atoms with van der Waals surface area (Å²) in [4.78, 5) is 26.4. The number of morpholine rings is 1. The molecule has 0 radical (unpaired) electrons. The Bertz CT molecular complexity index is 806. The predicted octanol–water partition coefficient (Wildman–Crippen LogP) is 2.21. The Morgan fingerprint density at radius 3 is 2.34 bits per heavy atom. The lowest BCUT2D eigenvalue weighted by atomic mass is 10.1. The number of anilines is 1. The molecule has 0 atom stereocenters. The number of rotatable bonds is 7. The Kier molecular flexibility index (Phi) is 7.54. The zero-order valence-electron chi connectivity index (χ0n) is 16.1. The summed E-state index contributed by atoms with van der Waals surface area (Å²) in [5, 5.41) is 8.35. The molecule has 0 aliphatic carbocycles. The molecule has 1 heterocycles. The zero-order valence-corrected chi connectivity index (χ0v) is 16.1. The maximum absolute atomic E-state index is 12.9. The van der Waals surface area contributed by atoms with E-state index in [2.05, 4.69) is 20.9 Å². The molecule has 1 aliphatic heterocycles. The van der Waals surface area contributed by atoms with Gasteiger partial charge in [-0.1, -0.05) is 12.1 Å². The van der Waals surface area contributed by atoms with E-state index in [9.17, 15) is 14.0 Å². The van der Waals surface area contributed by atoms with E-state index in [0.29, 0.717) is 24.3 Å². The number of carbonyl (C=O) groups is 2. The van der Waals surface area contributed by atoms with Crippen LogP contribution in [0.25, 0.3) is 0 Å². The summed E-state index contributed by atoms with van der Waals surface area (Å²) >= 11 is 0. The molecule has 1 saturated heterocycles. The third-order valence-corrected chi connectivity index (χ3v) is 4.59. The fourth-order valence-corrected chi connectivity index (χ4v) is 2.92. The van der Waals surface area contributed by atoms with Crippen LogP contribution in [-0.2, 0) is 11.3 Å². The minimum absolute atomic E-state index is 0.240. The van der Waals surface area contributed by atoms with Crippen LogP contribution >= 0.6 is 0 Å². The van der Waals surface area contributed by atoms with Crippen LogP contribution in [-0.4, -0.2) is 56.2 Å². The van der Waals surface area contributed by atoms with Crippen molar-refractivity contribution in [1.29, 1.82) is 0 Å². The van der Waals surface area contributed by atoms with E-state index >= 15 is 0 Å². The van der Waals surface area contributed by atoms with Crippen molar-refractivity contribution in [2.75, 3.05) is 44.7 Å². The third kappa shape index (κ3) is 6.85. The molecule has 2 aromatic rings. The van der Waals surface area contributed by atoms with Crippen LogP contribution in [0.1, 0.15) is 15.9 Å². The van der Waals surface area contributed by atoms with Gasteiger partial charge in [0.1, 0.15) is 5.82 Å². The van der Waals surface area contributed by atoms with Crippen molar-refractivity contribution in [3.63, 3.8) is 0 Å². The maximum Gasteiger partial charge on any atom is 0.319 e. The number of benzene rings is 2. The highest BCUT2D eigenvalue weighted by molar-refractivity contribution is 5.95. The average molecular weight is 400 g/mol. The van der Waals surface area contributed by atoms with Crippen LogP contribution in [0.15, 0.2) is 48.5 Å². The zero-order chi connectivity index (χ0) is 20.5. The van der Waals surface area contributed by atoms with Crippen LogP contribution in [0.5, 0.6) is 0 Å². The van der Waals surface area contributed by atoms with Crippen LogP contribution in [0.2, 0.25) is 0 Å². The lowest BCUT2D eigenvalue weighted by Crippen LogP contribution is -2.42. The van der Waals surface area contributed by atoms with E-state index < -0.39 is 0 Å². The van der Waals surface area contributed by atoms with Crippen LogP contribution in [0.4, 0.5) is 14.9 Å². The van der Waals surface area contributed by atoms with Gasteiger partial charge in [0.25, 0.3) is 5.91 Å². The molecular formula is C21H25FN4O3. The second-order valence-corrected chi connectivity index (χ2v) is 6.72. The van der Waals surface area contributed by atoms with Gasteiger partial charge in [-0.15, -0.1) is 0 Å². The summed E-state index contributed by atoms with van der Waals surface area (Å²) in [5.74, 6) is -0.552. The molecule has 1 aliphatic rings. The standard InChI is InChI=1S/C21H25FN4O3/c22-18-5-1-16(2-6-18)15-24-20(27)17-3-7-19(8-4-17)25-21(28)23-9-10-26-11-13-29-14-12-26/h1-8H,9-15H2,(H,24,27)(H2,23,25,28). The molecule has 154 valence electrons. The Hall–Kier alpha value is -2.97. The Labute approximate surface area is 169 Å². The van der Waals surface area contributed by atoms with Crippen molar-refractivity contribution in [2.45, 2.75) is 6.54 Å². The van der Waals surface area contributed by atoms with Crippen LogP contribution in [0, 0.1) is 5.82 Å². The Morgan fingerprint density at radius 1 is 0.966 bits per heavy atom. The maximum atomic E-state index is 12.9. The summed E-state index contributed by atoms with van der Waals surface area (Å²) in [7, 11) is 0. The van der Waals surface area contributed by atoms with E-state index in [4.69, 9.17) is 4.74 Å². The Balaban J connectivity index is 1.39. The van der Waals surface area contributed by atoms with Gasteiger partial charge in [-0.25, -0.2) is 9.18 Å². The van der Waals surface area contributed by atoms with E-state index in [-0.39, 0.29) is 17.8 Å². The number of halogens is 1. The minimum Gasteiger partial charge on any atom is -0.379 e. The number of amides is 3. The normalized spacial score (nSPS) is 14.2. The van der Waals surface area contributed by atoms with Gasteiger partial charge in [0.2, 0.25) is 0 Å². The molecule has 0 bridgehead atoms. The van der Waals surface area contributed by atoms with Gasteiger partial charge in [-0.05, 0) is 42.0 Å². The number of nitrogens with zero attached hydrogens (tertiary/aromatic N) is 1. The molecule has 29 heavy (non-hydrogen) atoms. The van der Waals surface area contributed by atoms with Crippen molar-refractivity contribution in [2.24, 2.45) is 0 Å². The molecule has 0 aromatic heterocycles. The molecule has 2 aromatic carbocycles. The summed E-state index contributed by atoms with van der Waals surface area (Å²) in [6.45, 7) is 4.87. The van der Waals surface area contributed by atoms with Crippen LogP contribution in [0.3, 0.4) is 0 Å². The predicted molar refractivity (Wildman–Crippen MR) is 108 cm³/mol. The highest BCUT2D eigenvalue weighted by Gasteiger charge is 2.10. The first-order valence-electron chi connectivity index (χ1n) is 9.58. The largest absolute Gasteiger partial charge is 0.379 e. The summed E-state index contributed by atoms with van der Waals surface area (Å²) in [5.41, 5.74) is 1.89. The summed E-state index contributed by atoms with van der Waals surface area (Å²) < 4.78 is 18.2. The van der Waals surface area contributed by atoms with Gasteiger partial charge in [-0.3, -0.25) is 9.69 Å². The molecule has 7 nitrogen and oxygen atoms in total. The first kappa shape index (κ1) is 20.8. The average Bonchev–Trinajstić information content (AvgIpc) is 2.74. The van der Waals surface area contributed by atoms with Gasteiger partial charge in [0.05, 0.1) is 13.2 Å². The van der Waals surface area contributed by atoms with Gasteiger partial charge >= 0.3 is 6.03 Å². The molecule has 0 spiro atoms. The second-order valence-electron chi connectivity index (χ2n) is 6.72. The fraction of sp³-hybridized carbons (Fsp3) is 0.333. The lowest BCUT2D eigenvalue weighted by molar-refractivity contribution is 0.0388. The topological polar surface area (TPSA) is 82.7 Å². The van der Waals surface area contributed by atoms with Crippen molar-refractivity contribution < 1.29 is 18.7 Å². The van der Waals surface area contributed by atoms with Crippen molar-refractivity contribution in [3.05, 3.63) is 65.5 Å². The SMILES string of the molecule is O=C(NCCN1CCOCC1)Nc1ccc(C(=O)NCc2ccc(F)cc2)cc1. The van der Waals surface area contributed by atoms with E-state index in [1.165, 1.54) is 12.1 Å². The molecule has 8 heteroatoms. The highest BCUT2D eigenvalue weighted by atomic mass is 19.1. The first-order valence-corrected chi connectivity index (χ1v) is 9.58. The van der Waals surface area contributed by atoms with Crippen molar-refractivity contribution in [1.82, 2.24) is 15.5 Å². The van der Waals surface area contributed by atoms with Gasteiger partial charge < -0.3 is 20.7 Å². The fourth-order valence-electron chi connectivity index (χ4n) is 2.92. The van der Waals surface area contributed by atoms with Crippen LogP contribution < -0.4 is 16.0 Å². The lowest BCUT2D eigenvalue weighted by Gasteiger charge is -2.26. The number of nitrogens with one attached hydrogen (secondary N) is 3. The van der Waals surface area contributed by atoms with Crippen molar-refractivity contribution >= 4 is 17.6 Å². The van der Waals surface area contributed by atoms with E-state index in [0.717, 1.165) is 38.4 Å². The van der Waals surface area contributed by atoms with Crippen molar-refractivity contribution in [3.8, 4) is 0 Å². The van der Waals surface area contributed by atoms with Gasteiger partial charge in [0.15, 0.2) is 0 Å². The number of hydrogen-bond acceptors (Lipinski definition) is 4. The first-order chi connectivity index (χ1) is 14.1. The number of carbonyl (C=O) groups excluding carboxylic acids is 2. The number of hydrogen-bond donors (Lipinski definition) is 3. The van der Waals surface area contributed by atoms with E-state index in [1.54, 1.807) is 36.4 Å². The second kappa shape index (κ2) is 10.5. The number of ether oxygens (including phenoxy) is 1. The van der Waals surface area contributed by atoms with E-state index in [1.807, 2.05) is 0 Å². The highest BCUT2D eigenvalue weighted by Crippen LogP contribution is 2.10. The molecule has 0 unspecified atom stereocenters. The third-order valence-electron chi connectivity index (χ3n) is 4.59. The molecule has 1 fully saturated rings.